The van der Waals surface area contributed by atoms with Gasteiger partial charge in [-0.25, -0.2) is 4.79 Å². The molecule has 2 N–H and O–H groups in total. The lowest BCUT2D eigenvalue weighted by atomic mass is 10.2. The van der Waals surface area contributed by atoms with E-state index in [0.29, 0.717) is 23.7 Å². The van der Waals surface area contributed by atoms with E-state index in [-0.39, 0.29) is 6.03 Å². The third-order valence-corrected chi connectivity index (χ3v) is 2.83. The van der Waals surface area contributed by atoms with Gasteiger partial charge < -0.3 is 20.1 Å². The number of aromatic nitrogens is 1. The largest absolute Gasteiger partial charge is 0.497 e. The van der Waals surface area contributed by atoms with Gasteiger partial charge in [-0.3, -0.25) is 4.98 Å². The molecule has 1 aromatic heterocycles. The van der Waals surface area contributed by atoms with Crippen LogP contribution in [-0.2, 0) is 6.54 Å². The van der Waals surface area contributed by atoms with E-state index in [1.54, 1.807) is 44.8 Å². The zero-order chi connectivity index (χ0) is 15.1. The number of nitrogens with zero attached hydrogens (tertiary/aromatic N) is 1. The van der Waals surface area contributed by atoms with Crippen LogP contribution in [0.5, 0.6) is 11.5 Å². The molecular weight excluding hydrogens is 270 g/mol. The lowest BCUT2D eigenvalue weighted by Crippen LogP contribution is -2.28. The quantitative estimate of drug-likeness (QED) is 0.886. The Kier molecular flexibility index (Phi) is 4.98. The Morgan fingerprint density at radius 2 is 2.10 bits per heavy atom. The number of rotatable bonds is 5. The van der Waals surface area contributed by atoms with Crippen molar-refractivity contribution in [2.24, 2.45) is 0 Å². The summed E-state index contributed by atoms with van der Waals surface area (Å²) >= 11 is 0. The predicted molar refractivity (Wildman–Crippen MR) is 79.6 cm³/mol. The van der Waals surface area contributed by atoms with Crippen molar-refractivity contribution in [3.05, 3.63) is 48.3 Å². The minimum absolute atomic E-state index is 0.328. The van der Waals surface area contributed by atoms with Gasteiger partial charge in [0, 0.05) is 25.0 Å². The summed E-state index contributed by atoms with van der Waals surface area (Å²) in [7, 11) is 3.11. The number of benzene rings is 1. The molecule has 6 nitrogen and oxygen atoms in total. The van der Waals surface area contributed by atoms with E-state index in [4.69, 9.17) is 9.47 Å². The molecule has 2 aromatic rings. The third kappa shape index (κ3) is 4.10. The molecule has 0 saturated carbocycles. The van der Waals surface area contributed by atoms with Gasteiger partial charge in [-0.15, -0.1) is 0 Å². The number of carbonyl (C=O) groups excluding carboxylic acids is 1. The Bertz CT molecular complexity index is 602. The van der Waals surface area contributed by atoms with Crippen molar-refractivity contribution < 1.29 is 14.3 Å². The summed E-state index contributed by atoms with van der Waals surface area (Å²) in [6.07, 6.45) is 3.39. The smallest absolute Gasteiger partial charge is 0.319 e. The number of ether oxygens (including phenoxy) is 2. The van der Waals surface area contributed by atoms with Crippen molar-refractivity contribution in [3.8, 4) is 11.5 Å². The summed E-state index contributed by atoms with van der Waals surface area (Å²) in [5.41, 5.74) is 1.46. The Balaban J connectivity index is 1.99. The number of pyridine rings is 1. The molecule has 0 spiro atoms. The number of hydrogen-bond donors (Lipinski definition) is 2. The lowest BCUT2D eigenvalue weighted by Gasteiger charge is -2.12. The van der Waals surface area contributed by atoms with Crippen molar-refractivity contribution in [3.63, 3.8) is 0 Å². The van der Waals surface area contributed by atoms with Gasteiger partial charge in [0.2, 0.25) is 0 Å². The van der Waals surface area contributed by atoms with Crippen LogP contribution in [0, 0.1) is 0 Å². The van der Waals surface area contributed by atoms with E-state index >= 15 is 0 Å². The molecule has 110 valence electrons. The van der Waals surface area contributed by atoms with Crippen LogP contribution in [-0.4, -0.2) is 25.2 Å². The average Bonchev–Trinajstić information content (AvgIpc) is 2.54. The molecule has 1 aromatic carbocycles. The number of carbonyl (C=O) groups is 1. The molecule has 0 bridgehead atoms. The first kappa shape index (κ1) is 14.6. The summed E-state index contributed by atoms with van der Waals surface area (Å²) in [6.45, 7) is 0.395. The first-order valence-electron chi connectivity index (χ1n) is 6.38. The zero-order valence-electron chi connectivity index (χ0n) is 11.9. The molecule has 1 heterocycles. The number of methoxy groups -OCH3 is 2. The fraction of sp³-hybridized carbons (Fsp3) is 0.200. The Morgan fingerprint density at radius 1 is 1.24 bits per heavy atom. The molecule has 21 heavy (non-hydrogen) atoms. The molecular formula is C15H17N3O3. The fourth-order valence-corrected chi connectivity index (χ4v) is 1.76. The summed E-state index contributed by atoms with van der Waals surface area (Å²) in [5, 5.41) is 5.48. The zero-order valence-corrected chi connectivity index (χ0v) is 11.9. The Hall–Kier alpha value is -2.76. The van der Waals surface area contributed by atoms with Crippen LogP contribution in [0.1, 0.15) is 5.56 Å². The highest BCUT2D eigenvalue weighted by Crippen LogP contribution is 2.28. The van der Waals surface area contributed by atoms with Gasteiger partial charge >= 0.3 is 6.03 Å². The fourth-order valence-electron chi connectivity index (χ4n) is 1.76. The standard InChI is InChI=1S/C15H17N3O3/c1-20-12-5-6-14(21-2)13(8-12)18-15(19)17-10-11-4-3-7-16-9-11/h3-9H,10H2,1-2H3,(H2,17,18,19). The molecule has 0 aliphatic carbocycles. The summed E-state index contributed by atoms with van der Waals surface area (Å²) < 4.78 is 10.3. The van der Waals surface area contributed by atoms with E-state index < -0.39 is 0 Å². The highest BCUT2D eigenvalue weighted by atomic mass is 16.5. The number of amides is 2. The molecule has 6 heteroatoms. The van der Waals surface area contributed by atoms with Gasteiger partial charge in [-0.05, 0) is 23.8 Å². The van der Waals surface area contributed by atoms with Gasteiger partial charge in [0.1, 0.15) is 11.5 Å². The van der Waals surface area contributed by atoms with Crippen LogP contribution >= 0.6 is 0 Å². The first-order valence-corrected chi connectivity index (χ1v) is 6.38. The van der Waals surface area contributed by atoms with Gasteiger partial charge in [0.15, 0.2) is 0 Å². The molecule has 2 amide bonds. The van der Waals surface area contributed by atoms with Crippen molar-refractivity contribution >= 4 is 11.7 Å². The number of anilines is 1. The molecule has 0 fully saturated rings. The highest BCUT2D eigenvalue weighted by Gasteiger charge is 2.08. The van der Waals surface area contributed by atoms with Gasteiger partial charge in [-0.1, -0.05) is 6.07 Å². The van der Waals surface area contributed by atoms with Crippen LogP contribution in [0.2, 0.25) is 0 Å². The second kappa shape index (κ2) is 7.14. The number of nitrogens with one attached hydrogen (secondary N) is 2. The minimum Gasteiger partial charge on any atom is -0.497 e. The summed E-state index contributed by atoms with van der Waals surface area (Å²) in [5.74, 6) is 1.20. The normalized spacial score (nSPS) is 9.81. The number of hydrogen-bond acceptors (Lipinski definition) is 4. The van der Waals surface area contributed by atoms with Crippen molar-refractivity contribution in [2.75, 3.05) is 19.5 Å². The van der Waals surface area contributed by atoms with E-state index in [9.17, 15) is 4.79 Å². The van der Waals surface area contributed by atoms with Gasteiger partial charge in [-0.2, -0.15) is 0 Å². The molecule has 0 atom stereocenters. The topological polar surface area (TPSA) is 72.5 Å². The van der Waals surface area contributed by atoms with Crippen LogP contribution in [0.15, 0.2) is 42.7 Å². The summed E-state index contributed by atoms with van der Waals surface area (Å²) in [6, 6.07) is 8.57. The van der Waals surface area contributed by atoms with Gasteiger partial charge in [0.05, 0.1) is 19.9 Å². The van der Waals surface area contributed by atoms with Gasteiger partial charge in [0.25, 0.3) is 0 Å². The maximum absolute atomic E-state index is 11.9. The van der Waals surface area contributed by atoms with Crippen molar-refractivity contribution in [1.29, 1.82) is 0 Å². The third-order valence-electron chi connectivity index (χ3n) is 2.83. The van der Waals surface area contributed by atoms with Crippen LogP contribution in [0.3, 0.4) is 0 Å². The lowest BCUT2D eigenvalue weighted by molar-refractivity contribution is 0.251. The SMILES string of the molecule is COc1ccc(OC)c(NC(=O)NCc2cccnc2)c1. The van der Waals surface area contributed by atoms with Crippen LogP contribution in [0.4, 0.5) is 10.5 Å². The monoisotopic (exact) mass is 287 g/mol. The molecule has 0 radical (unpaired) electrons. The van der Waals surface area contributed by atoms with Crippen LogP contribution in [0.25, 0.3) is 0 Å². The minimum atomic E-state index is -0.328. The Morgan fingerprint density at radius 3 is 2.76 bits per heavy atom. The molecule has 0 aliphatic heterocycles. The van der Waals surface area contributed by atoms with E-state index in [1.165, 1.54) is 0 Å². The maximum Gasteiger partial charge on any atom is 0.319 e. The predicted octanol–water partition coefficient (Wildman–Crippen LogP) is 2.42. The molecule has 0 aliphatic rings. The first-order chi connectivity index (χ1) is 10.2. The molecule has 2 rings (SSSR count). The highest BCUT2D eigenvalue weighted by molar-refractivity contribution is 5.91. The maximum atomic E-state index is 11.9. The average molecular weight is 287 g/mol. The van der Waals surface area contributed by atoms with Crippen molar-refractivity contribution in [1.82, 2.24) is 10.3 Å². The number of urea groups is 1. The summed E-state index contributed by atoms with van der Waals surface area (Å²) in [4.78, 5) is 15.9. The Labute approximate surface area is 123 Å². The van der Waals surface area contributed by atoms with E-state index in [1.807, 2.05) is 12.1 Å². The van der Waals surface area contributed by atoms with E-state index in [0.717, 1.165) is 5.56 Å². The second-order valence-corrected chi connectivity index (χ2v) is 4.24. The van der Waals surface area contributed by atoms with Crippen LogP contribution < -0.4 is 20.1 Å². The molecule has 0 saturated heterocycles. The molecule has 0 unspecified atom stereocenters. The van der Waals surface area contributed by atoms with E-state index in [2.05, 4.69) is 15.6 Å². The van der Waals surface area contributed by atoms with Crippen molar-refractivity contribution in [2.45, 2.75) is 6.54 Å². The second-order valence-electron chi connectivity index (χ2n) is 4.24.